The fourth-order valence-electron chi connectivity index (χ4n) is 2.98. The number of carbonyl (C=O) groups excluding carboxylic acids is 1. The molecule has 0 spiro atoms. The number of aromatic nitrogens is 1. The van der Waals surface area contributed by atoms with Gasteiger partial charge in [0.2, 0.25) is 0 Å². The van der Waals surface area contributed by atoms with Crippen molar-refractivity contribution in [3.05, 3.63) is 108 Å². The molecule has 0 unspecified atom stereocenters. The molecule has 3 aromatic carbocycles. The van der Waals surface area contributed by atoms with Gasteiger partial charge in [0, 0.05) is 17.6 Å². The summed E-state index contributed by atoms with van der Waals surface area (Å²) in [7, 11) is 0. The Labute approximate surface area is 175 Å². The monoisotopic (exact) mass is 395 g/mol. The Morgan fingerprint density at radius 3 is 2.33 bits per heavy atom. The highest BCUT2D eigenvalue weighted by molar-refractivity contribution is 6.07. The van der Waals surface area contributed by atoms with Crippen LogP contribution in [0.2, 0.25) is 0 Å². The number of benzene rings is 3. The van der Waals surface area contributed by atoms with E-state index < -0.39 is 0 Å². The molecule has 30 heavy (non-hydrogen) atoms. The molecule has 1 aromatic heterocycles. The van der Waals surface area contributed by atoms with Crippen LogP contribution in [-0.4, -0.2) is 10.9 Å². The summed E-state index contributed by atoms with van der Waals surface area (Å²) >= 11 is 0. The molecule has 0 saturated heterocycles. The quantitative estimate of drug-likeness (QED) is 0.409. The van der Waals surface area contributed by atoms with Crippen LogP contribution in [0.25, 0.3) is 0 Å². The molecule has 5 nitrogen and oxygen atoms in total. The van der Waals surface area contributed by atoms with E-state index >= 15 is 0 Å². The van der Waals surface area contributed by atoms with Crippen LogP contribution >= 0.6 is 0 Å². The van der Waals surface area contributed by atoms with Crippen molar-refractivity contribution in [2.45, 2.75) is 6.92 Å². The first-order valence-electron chi connectivity index (χ1n) is 9.60. The zero-order chi connectivity index (χ0) is 20.8. The summed E-state index contributed by atoms with van der Waals surface area (Å²) in [6.45, 7) is 1.98. The summed E-state index contributed by atoms with van der Waals surface area (Å²) in [6.07, 6.45) is 1.65. The Morgan fingerprint density at radius 2 is 1.57 bits per heavy atom. The summed E-state index contributed by atoms with van der Waals surface area (Å²) in [5.74, 6) is 1.77. The number of ether oxygens (including phenoxy) is 1. The van der Waals surface area contributed by atoms with Crippen molar-refractivity contribution < 1.29 is 9.53 Å². The van der Waals surface area contributed by atoms with Gasteiger partial charge in [0.05, 0.1) is 5.56 Å². The number of pyridine rings is 1. The normalized spacial score (nSPS) is 10.3. The topological polar surface area (TPSA) is 63.2 Å². The van der Waals surface area contributed by atoms with Crippen LogP contribution in [0.3, 0.4) is 0 Å². The van der Waals surface area contributed by atoms with E-state index in [4.69, 9.17) is 4.74 Å². The summed E-state index contributed by atoms with van der Waals surface area (Å²) in [4.78, 5) is 17.1. The van der Waals surface area contributed by atoms with E-state index in [0.717, 1.165) is 28.4 Å². The molecule has 0 aliphatic heterocycles. The maximum atomic E-state index is 12.8. The zero-order valence-electron chi connectivity index (χ0n) is 16.5. The van der Waals surface area contributed by atoms with Crippen molar-refractivity contribution in [1.29, 1.82) is 0 Å². The second-order valence-electron chi connectivity index (χ2n) is 6.79. The number of hydrogen-bond acceptors (Lipinski definition) is 4. The van der Waals surface area contributed by atoms with Gasteiger partial charge in [0.1, 0.15) is 17.3 Å². The minimum absolute atomic E-state index is 0.222. The van der Waals surface area contributed by atoms with Crippen LogP contribution in [0.15, 0.2) is 97.2 Å². The first-order valence-corrected chi connectivity index (χ1v) is 9.60. The molecule has 0 saturated carbocycles. The molecule has 1 heterocycles. The van der Waals surface area contributed by atoms with E-state index in [0.29, 0.717) is 11.4 Å². The van der Waals surface area contributed by atoms with Crippen LogP contribution in [0.1, 0.15) is 15.9 Å². The van der Waals surface area contributed by atoms with Gasteiger partial charge in [-0.3, -0.25) is 4.79 Å². The van der Waals surface area contributed by atoms with E-state index in [-0.39, 0.29) is 5.91 Å². The van der Waals surface area contributed by atoms with Crippen LogP contribution in [0.5, 0.6) is 11.5 Å². The number of para-hydroxylation sites is 1. The minimum Gasteiger partial charge on any atom is -0.457 e. The van der Waals surface area contributed by atoms with Crippen molar-refractivity contribution in [3.8, 4) is 11.5 Å². The van der Waals surface area contributed by atoms with E-state index in [9.17, 15) is 4.79 Å². The lowest BCUT2D eigenvalue weighted by atomic mass is 10.2. The van der Waals surface area contributed by atoms with Crippen molar-refractivity contribution in [3.63, 3.8) is 0 Å². The number of nitrogens with zero attached hydrogens (tertiary/aromatic N) is 1. The van der Waals surface area contributed by atoms with Gasteiger partial charge in [-0.2, -0.15) is 0 Å². The van der Waals surface area contributed by atoms with Gasteiger partial charge in [-0.25, -0.2) is 4.98 Å². The van der Waals surface area contributed by atoms with E-state index in [1.807, 2.05) is 85.8 Å². The highest BCUT2D eigenvalue weighted by atomic mass is 16.5. The van der Waals surface area contributed by atoms with Gasteiger partial charge < -0.3 is 15.4 Å². The van der Waals surface area contributed by atoms with Crippen molar-refractivity contribution in [2.24, 2.45) is 0 Å². The Kier molecular flexibility index (Phi) is 5.71. The lowest BCUT2D eigenvalue weighted by Crippen LogP contribution is -2.14. The molecule has 2 N–H and O–H groups in total. The minimum atomic E-state index is -0.222. The number of anilines is 3. The van der Waals surface area contributed by atoms with E-state index in [1.54, 1.807) is 18.3 Å². The molecule has 0 atom stereocenters. The summed E-state index contributed by atoms with van der Waals surface area (Å²) in [6, 6.07) is 28.3. The van der Waals surface area contributed by atoms with Crippen LogP contribution in [0, 0.1) is 6.92 Å². The Hall–Kier alpha value is -4.12. The first-order chi connectivity index (χ1) is 14.7. The van der Waals surface area contributed by atoms with Crippen LogP contribution in [-0.2, 0) is 0 Å². The summed E-state index contributed by atoms with van der Waals surface area (Å²) < 4.78 is 5.81. The third kappa shape index (κ3) is 4.83. The Bertz CT molecular complexity index is 1140. The zero-order valence-corrected chi connectivity index (χ0v) is 16.5. The predicted molar refractivity (Wildman–Crippen MR) is 120 cm³/mol. The molecule has 0 radical (unpaired) electrons. The molecule has 5 heteroatoms. The summed E-state index contributed by atoms with van der Waals surface area (Å²) in [5.41, 5.74) is 3.09. The number of hydrogen-bond donors (Lipinski definition) is 2. The SMILES string of the molecule is Cc1cccc(NC(=O)c2cccnc2Nc2ccc(Oc3ccccc3)cc2)c1. The van der Waals surface area contributed by atoms with Crippen molar-refractivity contribution >= 4 is 23.1 Å². The highest BCUT2D eigenvalue weighted by Gasteiger charge is 2.13. The Morgan fingerprint density at radius 1 is 0.800 bits per heavy atom. The molecular formula is C25H21N3O2. The molecule has 0 aliphatic rings. The molecular weight excluding hydrogens is 374 g/mol. The van der Waals surface area contributed by atoms with Gasteiger partial charge in [0.15, 0.2) is 0 Å². The molecule has 1 amide bonds. The third-order valence-corrected chi connectivity index (χ3v) is 4.42. The smallest absolute Gasteiger partial charge is 0.259 e. The van der Waals surface area contributed by atoms with Crippen molar-refractivity contribution in [1.82, 2.24) is 4.98 Å². The second kappa shape index (κ2) is 8.92. The Balaban J connectivity index is 1.48. The van der Waals surface area contributed by atoms with Gasteiger partial charge in [-0.15, -0.1) is 0 Å². The number of aryl methyl sites for hydroxylation is 1. The van der Waals surface area contributed by atoms with Gasteiger partial charge in [0.25, 0.3) is 5.91 Å². The van der Waals surface area contributed by atoms with Gasteiger partial charge >= 0.3 is 0 Å². The standard InChI is InChI=1S/C25H21N3O2/c1-18-7-5-8-20(17-18)28-25(29)23-11-6-16-26-24(23)27-19-12-14-22(15-13-19)30-21-9-3-2-4-10-21/h2-17H,1H3,(H,26,27)(H,28,29). The molecule has 0 bridgehead atoms. The van der Waals surface area contributed by atoms with Crippen LogP contribution < -0.4 is 15.4 Å². The van der Waals surface area contributed by atoms with E-state index in [1.165, 1.54) is 0 Å². The maximum Gasteiger partial charge on any atom is 0.259 e. The number of rotatable bonds is 6. The molecule has 0 aliphatic carbocycles. The fraction of sp³-hybridized carbons (Fsp3) is 0.0400. The third-order valence-electron chi connectivity index (χ3n) is 4.42. The largest absolute Gasteiger partial charge is 0.457 e. The first kappa shape index (κ1) is 19.2. The number of amides is 1. The fourth-order valence-corrected chi connectivity index (χ4v) is 2.98. The summed E-state index contributed by atoms with van der Waals surface area (Å²) in [5, 5.41) is 6.14. The number of carbonyl (C=O) groups is 1. The van der Waals surface area contributed by atoms with Crippen molar-refractivity contribution in [2.75, 3.05) is 10.6 Å². The average molecular weight is 395 g/mol. The second-order valence-corrected chi connectivity index (χ2v) is 6.79. The number of nitrogens with one attached hydrogen (secondary N) is 2. The molecule has 4 rings (SSSR count). The molecule has 148 valence electrons. The van der Waals surface area contributed by atoms with E-state index in [2.05, 4.69) is 15.6 Å². The molecule has 4 aromatic rings. The highest BCUT2D eigenvalue weighted by Crippen LogP contribution is 2.25. The van der Waals surface area contributed by atoms with Crippen LogP contribution in [0.4, 0.5) is 17.2 Å². The molecule has 0 fully saturated rings. The predicted octanol–water partition coefficient (Wildman–Crippen LogP) is 6.18. The average Bonchev–Trinajstić information content (AvgIpc) is 2.76. The lowest BCUT2D eigenvalue weighted by molar-refractivity contribution is 0.102. The van der Waals surface area contributed by atoms with Gasteiger partial charge in [-0.1, -0.05) is 30.3 Å². The lowest BCUT2D eigenvalue weighted by Gasteiger charge is -2.12. The maximum absolute atomic E-state index is 12.8. The van der Waals surface area contributed by atoms with Gasteiger partial charge in [-0.05, 0) is 73.2 Å².